The molecule has 1 N–H and O–H groups in total. The second-order valence-corrected chi connectivity index (χ2v) is 5.03. The largest absolute Gasteiger partial charge is 0.313 e. The van der Waals surface area contributed by atoms with Crippen molar-refractivity contribution < 1.29 is 0 Å². The lowest BCUT2D eigenvalue weighted by molar-refractivity contribution is 0.561. The van der Waals surface area contributed by atoms with Crippen molar-refractivity contribution in [2.75, 3.05) is 6.54 Å². The van der Waals surface area contributed by atoms with E-state index in [1.165, 1.54) is 0 Å². The number of rotatable bonds is 7. The van der Waals surface area contributed by atoms with Gasteiger partial charge in [0, 0.05) is 24.3 Å². The molecule has 18 heavy (non-hydrogen) atoms. The van der Waals surface area contributed by atoms with E-state index in [0.29, 0.717) is 12.5 Å². The molecule has 0 fully saturated rings. The Morgan fingerprint density at radius 2 is 2.00 bits per heavy atom. The molecule has 1 rings (SSSR count). The van der Waals surface area contributed by atoms with Gasteiger partial charge in [0.15, 0.2) is 0 Å². The average Bonchev–Trinajstić information content (AvgIpc) is 2.35. The SMILES string of the molecule is CCCCn1c(C(C)C)ccc(CNCC)c1=O. The van der Waals surface area contributed by atoms with Gasteiger partial charge in [0.05, 0.1) is 0 Å². The smallest absolute Gasteiger partial charge is 0.255 e. The van der Waals surface area contributed by atoms with E-state index < -0.39 is 0 Å². The standard InChI is InChI=1S/C15H26N2O/c1-5-7-10-17-14(12(3)4)9-8-13(15(17)18)11-16-6-2/h8-9,12,16H,5-7,10-11H2,1-4H3. The summed E-state index contributed by atoms with van der Waals surface area (Å²) in [7, 11) is 0. The lowest BCUT2D eigenvalue weighted by Gasteiger charge is -2.17. The van der Waals surface area contributed by atoms with Gasteiger partial charge in [-0.2, -0.15) is 0 Å². The number of nitrogens with zero attached hydrogens (tertiary/aromatic N) is 1. The summed E-state index contributed by atoms with van der Waals surface area (Å²) in [6.07, 6.45) is 2.17. The van der Waals surface area contributed by atoms with E-state index in [1.54, 1.807) is 0 Å². The predicted molar refractivity (Wildman–Crippen MR) is 77.1 cm³/mol. The molecule has 0 bridgehead atoms. The third-order valence-corrected chi connectivity index (χ3v) is 3.18. The summed E-state index contributed by atoms with van der Waals surface area (Å²) in [5, 5.41) is 3.22. The first-order valence-electron chi connectivity index (χ1n) is 7.05. The summed E-state index contributed by atoms with van der Waals surface area (Å²) >= 11 is 0. The molecule has 0 aliphatic carbocycles. The average molecular weight is 250 g/mol. The van der Waals surface area contributed by atoms with E-state index in [4.69, 9.17) is 0 Å². The first-order valence-corrected chi connectivity index (χ1v) is 7.05. The summed E-state index contributed by atoms with van der Waals surface area (Å²) in [6.45, 7) is 10.9. The number of hydrogen-bond acceptors (Lipinski definition) is 2. The van der Waals surface area contributed by atoms with E-state index in [-0.39, 0.29) is 5.56 Å². The van der Waals surface area contributed by atoms with Crippen LogP contribution in [-0.4, -0.2) is 11.1 Å². The molecule has 0 aliphatic rings. The Morgan fingerprint density at radius 1 is 1.28 bits per heavy atom. The number of aromatic nitrogens is 1. The number of nitrogens with one attached hydrogen (secondary N) is 1. The van der Waals surface area contributed by atoms with Crippen LogP contribution in [0.25, 0.3) is 0 Å². The molecule has 0 aliphatic heterocycles. The van der Waals surface area contributed by atoms with Crippen molar-refractivity contribution in [2.24, 2.45) is 0 Å². The molecule has 0 unspecified atom stereocenters. The maximum Gasteiger partial charge on any atom is 0.255 e. The van der Waals surface area contributed by atoms with Gasteiger partial charge in [-0.25, -0.2) is 0 Å². The zero-order valence-corrected chi connectivity index (χ0v) is 12.1. The minimum absolute atomic E-state index is 0.176. The third-order valence-electron chi connectivity index (χ3n) is 3.18. The van der Waals surface area contributed by atoms with Crippen molar-refractivity contribution in [3.63, 3.8) is 0 Å². The Morgan fingerprint density at radius 3 is 2.56 bits per heavy atom. The predicted octanol–water partition coefficient (Wildman–Crippen LogP) is 2.88. The fourth-order valence-electron chi connectivity index (χ4n) is 2.08. The minimum Gasteiger partial charge on any atom is -0.313 e. The number of pyridine rings is 1. The lowest BCUT2D eigenvalue weighted by atomic mass is 10.1. The van der Waals surface area contributed by atoms with Gasteiger partial charge in [-0.1, -0.05) is 40.2 Å². The van der Waals surface area contributed by atoms with E-state index >= 15 is 0 Å². The van der Waals surface area contributed by atoms with Crippen LogP contribution in [0.1, 0.15) is 57.7 Å². The number of hydrogen-bond donors (Lipinski definition) is 1. The molecule has 0 saturated heterocycles. The van der Waals surface area contributed by atoms with Crippen LogP contribution in [0.4, 0.5) is 0 Å². The van der Waals surface area contributed by atoms with Crippen molar-refractivity contribution in [3.8, 4) is 0 Å². The van der Waals surface area contributed by atoms with Gasteiger partial charge in [0.2, 0.25) is 0 Å². The van der Waals surface area contributed by atoms with Crippen molar-refractivity contribution in [2.45, 2.75) is 59.5 Å². The highest BCUT2D eigenvalue weighted by molar-refractivity contribution is 5.18. The summed E-state index contributed by atoms with van der Waals surface area (Å²) in [5.41, 5.74) is 2.20. The molecule has 3 nitrogen and oxygen atoms in total. The van der Waals surface area contributed by atoms with Gasteiger partial charge in [-0.15, -0.1) is 0 Å². The molecule has 0 atom stereocenters. The second kappa shape index (κ2) is 7.37. The Labute approximate surface area is 110 Å². The zero-order valence-electron chi connectivity index (χ0n) is 12.1. The molecule has 0 saturated carbocycles. The first kappa shape index (κ1) is 15.0. The normalized spacial score (nSPS) is 11.2. The van der Waals surface area contributed by atoms with Gasteiger partial charge in [0.1, 0.15) is 0 Å². The van der Waals surface area contributed by atoms with Crippen molar-refractivity contribution in [1.82, 2.24) is 9.88 Å². The van der Waals surface area contributed by atoms with Gasteiger partial charge >= 0.3 is 0 Å². The van der Waals surface area contributed by atoms with Crippen LogP contribution >= 0.6 is 0 Å². The van der Waals surface area contributed by atoms with Gasteiger partial charge < -0.3 is 9.88 Å². The van der Waals surface area contributed by atoms with E-state index in [2.05, 4.69) is 39.1 Å². The van der Waals surface area contributed by atoms with Crippen molar-refractivity contribution >= 4 is 0 Å². The Bertz CT molecular complexity index is 421. The molecular formula is C15H26N2O. The molecule has 102 valence electrons. The minimum atomic E-state index is 0.176. The summed E-state index contributed by atoms with van der Waals surface area (Å²) in [5.74, 6) is 0.391. The van der Waals surface area contributed by atoms with Crippen LogP contribution in [-0.2, 0) is 13.1 Å². The van der Waals surface area contributed by atoms with Crippen molar-refractivity contribution in [3.05, 3.63) is 33.7 Å². The van der Waals surface area contributed by atoms with E-state index in [1.807, 2.05) is 10.6 Å². The maximum atomic E-state index is 12.4. The highest BCUT2D eigenvalue weighted by Crippen LogP contribution is 2.13. The summed E-state index contributed by atoms with van der Waals surface area (Å²) in [6, 6.07) is 4.08. The van der Waals surface area contributed by atoms with Crippen LogP contribution in [0.5, 0.6) is 0 Å². The van der Waals surface area contributed by atoms with Crippen LogP contribution in [0.15, 0.2) is 16.9 Å². The number of unbranched alkanes of at least 4 members (excludes halogenated alkanes) is 1. The molecule has 0 aromatic carbocycles. The fraction of sp³-hybridized carbons (Fsp3) is 0.667. The van der Waals surface area contributed by atoms with Gasteiger partial charge in [-0.3, -0.25) is 4.79 Å². The Hall–Kier alpha value is -1.09. The lowest BCUT2D eigenvalue weighted by Crippen LogP contribution is -2.29. The highest BCUT2D eigenvalue weighted by Gasteiger charge is 2.10. The summed E-state index contributed by atoms with van der Waals surface area (Å²) < 4.78 is 1.96. The quantitative estimate of drug-likeness (QED) is 0.807. The van der Waals surface area contributed by atoms with Crippen LogP contribution in [0, 0.1) is 0 Å². The fourth-order valence-corrected chi connectivity index (χ4v) is 2.08. The topological polar surface area (TPSA) is 34.0 Å². The third kappa shape index (κ3) is 3.70. The van der Waals surface area contributed by atoms with Crippen LogP contribution in [0.2, 0.25) is 0 Å². The maximum absolute atomic E-state index is 12.4. The van der Waals surface area contributed by atoms with Crippen LogP contribution in [0.3, 0.4) is 0 Å². The molecule has 3 heteroatoms. The van der Waals surface area contributed by atoms with Crippen LogP contribution < -0.4 is 10.9 Å². The molecular weight excluding hydrogens is 224 g/mol. The first-order chi connectivity index (χ1) is 8.61. The molecule has 0 amide bonds. The molecule has 1 heterocycles. The van der Waals surface area contributed by atoms with Gasteiger partial charge in [0.25, 0.3) is 5.56 Å². The molecule has 0 spiro atoms. The Kier molecular flexibility index (Phi) is 6.13. The van der Waals surface area contributed by atoms with E-state index in [0.717, 1.165) is 37.2 Å². The van der Waals surface area contributed by atoms with Crippen molar-refractivity contribution in [1.29, 1.82) is 0 Å². The molecule has 0 radical (unpaired) electrons. The monoisotopic (exact) mass is 250 g/mol. The summed E-state index contributed by atoms with van der Waals surface area (Å²) in [4.78, 5) is 12.4. The Balaban J connectivity index is 3.09. The van der Waals surface area contributed by atoms with E-state index in [9.17, 15) is 4.79 Å². The molecule has 1 aromatic heterocycles. The second-order valence-electron chi connectivity index (χ2n) is 5.03. The van der Waals surface area contributed by atoms with Gasteiger partial charge in [-0.05, 0) is 24.9 Å². The molecule has 1 aromatic rings. The zero-order chi connectivity index (χ0) is 13.5. The highest BCUT2D eigenvalue weighted by atomic mass is 16.1.